The molecule has 1 unspecified atom stereocenters. The maximum atomic E-state index is 12.4. The lowest BCUT2D eigenvalue weighted by Crippen LogP contribution is -2.33. The Morgan fingerprint density at radius 3 is 3.10 bits per heavy atom. The van der Waals surface area contributed by atoms with Crippen LogP contribution in [-0.2, 0) is 11.3 Å². The Kier molecular flexibility index (Phi) is 3.76. The van der Waals surface area contributed by atoms with Crippen molar-refractivity contribution in [3.8, 4) is 6.19 Å². The van der Waals surface area contributed by atoms with Crippen molar-refractivity contribution < 1.29 is 4.79 Å². The minimum absolute atomic E-state index is 0.0657. The summed E-state index contributed by atoms with van der Waals surface area (Å²) in [6.45, 7) is 1.75. The van der Waals surface area contributed by atoms with Gasteiger partial charge in [-0.1, -0.05) is 12.1 Å². The number of para-hydroxylation sites is 1. The molecule has 1 fully saturated rings. The number of likely N-dealkylation sites (tertiary alicyclic amines) is 1. The molecule has 6 heteroatoms. The largest absolute Gasteiger partial charge is 0.339 e. The van der Waals surface area contributed by atoms with Crippen LogP contribution in [0.25, 0.3) is 10.2 Å². The van der Waals surface area contributed by atoms with E-state index in [1.54, 1.807) is 21.1 Å². The predicted octanol–water partition coefficient (Wildman–Crippen LogP) is 2.06. The highest BCUT2D eigenvalue weighted by atomic mass is 32.1. The monoisotopic (exact) mass is 300 g/mol. The van der Waals surface area contributed by atoms with Gasteiger partial charge in [0.2, 0.25) is 5.91 Å². The molecule has 2 heterocycles. The van der Waals surface area contributed by atoms with Crippen LogP contribution in [0.2, 0.25) is 0 Å². The van der Waals surface area contributed by atoms with E-state index < -0.39 is 0 Å². The van der Waals surface area contributed by atoms with E-state index >= 15 is 0 Å². The Hall–Kier alpha value is -2.13. The Morgan fingerprint density at radius 2 is 2.38 bits per heavy atom. The van der Waals surface area contributed by atoms with Crippen molar-refractivity contribution in [3.63, 3.8) is 0 Å². The van der Waals surface area contributed by atoms with Gasteiger partial charge in [-0.2, -0.15) is 5.26 Å². The summed E-state index contributed by atoms with van der Waals surface area (Å²) >= 11 is 1.62. The van der Waals surface area contributed by atoms with Gasteiger partial charge in [-0.3, -0.25) is 4.79 Å². The van der Waals surface area contributed by atoms with Crippen LogP contribution in [0.3, 0.4) is 0 Å². The molecule has 1 aliphatic rings. The molecular formula is C15H16N4OS. The smallest absolute Gasteiger partial charge is 0.227 e. The number of hydrogen-bond donors (Lipinski definition) is 0. The molecule has 1 saturated heterocycles. The lowest BCUT2D eigenvalue weighted by molar-refractivity contribution is -0.134. The highest BCUT2D eigenvalue weighted by molar-refractivity contribution is 7.18. The van der Waals surface area contributed by atoms with Gasteiger partial charge in [0.05, 0.1) is 22.7 Å². The van der Waals surface area contributed by atoms with Crippen molar-refractivity contribution in [2.45, 2.75) is 13.0 Å². The Balaban J connectivity index is 1.67. The maximum absolute atomic E-state index is 12.4. The average Bonchev–Trinajstić information content (AvgIpc) is 3.12. The zero-order chi connectivity index (χ0) is 14.8. The number of carbonyl (C=O) groups excluding carboxylic acids is 1. The number of nitriles is 1. The first-order chi connectivity index (χ1) is 10.2. The molecule has 3 rings (SSSR count). The summed E-state index contributed by atoms with van der Waals surface area (Å²) in [5.41, 5.74) is 0.981. The van der Waals surface area contributed by atoms with Gasteiger partial charge in [-0.05, 0) is 18.6 Å². The SMILES string of the molecule is CN(Cc1nc2ccccc2s1)C(=O)C1CCN(C#N)C1. The lowest BCUT2D eigenvalue weighted by Gasteiger charge is -2.19. The third kappa shape index (κ3) is 2.83. The number of thiazole rings is 1. The summed E-state index contributed by atoms with van der Waals surface area (Å²) in [5, 5.41) is 9.81. The third-order valence-electron chi connectivity index (χ3n) is 3.77. The van der Waals surface area contributed by atoms with E-state index in [0.717, 1.165) is 21.6 Å². The first-order valence-electron chi connectivity index (χ1n) is 6.91. The van der Waals surface area contributed by atoms with Crippen molar-refractivity contribution in [1.29, 1.82) is 5.26 Å². The molecule has 0 N–H and O–H groups in total. The molecule has 1 aromatic heterocycles. The number of hydrogen-bond acceptors (Lipinski definition) is 5. The number of amides is 1. The second-order valence-electron chi connectivity index (χ2n) is 5.30. The van der Waals surface area contributed by atoms with Crippen LogP contribution in [0.15, 0.2) is 24.3 Å². The van der Waals surface area contributed by atoms with Crippen LogP contribution < -0.4 is 0 Å². The van der Waals surface area contributed by atoms with Crippen LogP contribution in [0.1, 0.15) is 11.4 Å². The standard InChI is InChI=1S/C15H16N4OS/c1-18(15(20)11-6-7-19(8-11)10-16)9-14-17-12-4-2-3-5-13(12)21-14/h2-5,11H,6-9H2,1H3. The lowest BCUT2D eigenvalue weighted by atomic mass is 10.1. The van der Waals surface area contributed by atoms with Crippen LogP contribution >= 0.6 is 11.3 Å². The fraction of sp³-hybridized carbons (Fsp3) is 0.400. The molecule has 5 nitrogen and oxygen atoms in total. The first-order valence-corrected chi connectivity index (χ1v) is 7.73. The molecule has 21 heavy (non-hydrogen) atoms. The van der Waals surface area contributed by atoms with Crippen LogP contribution in [-0.4, -0.2) is 40.8 Å². The molecule has 108 valence electrons. The van der Waals surface area contributed by atoms with Crippen molar-refractivity contribution in [3.05, 3.63) is 29.3 Å². The molecule has 0 saturated carbocycles. The molecule has 1 amide bonds. The fourth-order valence-electron chi connectivity index (χ4n) is 2.63. The van der Waals surface area contributed by atoms with E-state index in [0.29, 0.717) is 19.6 Å². The quantitative estimate of drug-likeness (QED) is 0.814. The number of rotatable bonds is 3. The van der Waals surface area contributed by atoms with Gasteiger partial charge < -0.3 is 9.80 Å². The Labute approximate surface area is 127 Å². The van der Waals surface area contributed by atoms with E-state index in [9.17, 15) is 4.79 Å². The van der Waals surface area contributed by atoms with E-state index in [-0.39, 0.29) is 11.8 Å². The fourth-order valence-corrected chi connectivity index (χ4v) is 3.65. The molecule has 0 radical (unpaired) electrons. The number of benzene rings is 1. The molecule has 1 aromatic carbocycles. The highest BCUT2D eigenvalue weighted by Crippen LogP contribution is 2.24. The summed E-state index contributed by atoms with van der Waals surface area (Å²) in [7, 11) is 1.81. The molecule has 0 bridgehead atoms. The second-order valence-corrected chi connectivity index (χ2v) is 6.42. The number of carbonyl (C=O) groups is 1. The van der Waals surface area contributed by atoms with E-state index in [4.69, 9.17) is 5.26 Å². The molecule has 1 aliphatic heterocycles. The van der Waals surface area contributed by atoms with Crippen LogP contribution in [0, 0.1) is 17.4 Å². The topological polar surface area (TPSA) is 60.2 Å². The predicted molar refractivity (Wildman–Crippen MR) is 81.4 cm³/mol. The molecular weight excluding hydrogens is 284 g/mol. The summed E-state index contributed by atoms with van der Waals surface area (Å²) in [6.07, 6.45) is 2.87. The maximum Gasteiger partial charge on any atom is 0.227 e. The first kappa shape index (κ1) is 13.8. The summed E-state index contributed by atoms with van der Waals surface area (Å²) < 4.78 is 1.14. The Morgan fingerprint density at radius 1 is 1.57 bits per heavy atom. The van der Waals surface area contributed by atoms with Gasteiger partial charge in [0, 0.05) is 20.1 Å². The minimum atomic E-state index is -0.0657. The zero-order valence-corrected chi connectivity index (χ0v) is 12.6. The third-order valence-corrected chi connectivity index (χ3v) is 4.79. The molecule has 1 atom stereocenters. The molecule has 0 spiro atoms. The van der Waals surface area contributed by atoms with Crippen molar-refractivity contribution >= 4 is 27.5 Å². The van der Waals surface area contributed by atoms with E-state index in [2.05, 4.69) is 11.2 Å². The summed E-state index contributed by atoms with van der Waals surface area (Å²) in [4.78, 5) is 20.3. The van der Waals surface area contributed by atoms with Gasteiger partial charge in [0.1, 0.15) is 5.01 Å². The van der Waals surface area contributed by atoms with Gasteiger partial charge in [0.15, 0.2) is 6.19 Å². The zero-order valence-electron chi connectivity index (χ0n) is 11.8. The average molecular weight is 300 g/mol. The van der Waals surface area contributed by atoms with Crippen LogP contribution in [0.5, 0.6) is 0 Å². The minimum Gasteiger partial charge on any atom is -0.339 e. The van der Waals surface area contributed by atoms with Gasteiger partial charge in [0.25, 0.3) is 0 Å². The summed E-state index contributed by atoms with van der Waals surface area (Å²) in [6, 6.07) is 7.99. The van der Waals surface area contributed by atoms with Crippen molar-refractivity contribution in [1.82, 2.24) is 14.8 Å². The molecule has 0 aliphatic carbocycles. The van der Waals surface area contributed by atoms with Gasteiger partial charge in [-0.15, -0.1) is 11.3 Å². The Bertz CT molecular complexity index is 672. The number of fused-ring (bicyclic) bond motifs is 1. The highest BCUT2D eigenvalue weighted by Gasteiger charge is 2.30. The number of nitrogens with zero attached hydrogens (tertiary/aromatic N) is 4. The van der Waals surface area contributed by atoms with Crippen molar-refractivity contribution in [2.75, 3.05) is 20.1 Å². The second kappa shape index (κ2) is 5.70. The van der Waals surface area contributed by atoms with Gasteiger partial charge in [-0.25, -0.2) is 4.98 Å². The summed E-state index contributed by atoms with van der Waals surface area (Å²) in [5.74, 6) is 0.0380. The van der Waals surface area contributed by atoms with Crippen LogP contribution in [0.4, 0.5) is 0 Å². The molecule has 2 aromatic rings. The normalized spacial score (nSPS) is 17.9. The van der Waals surface area contributed by atoms with Crippen molar-refractivity contribution in [2.24, 2.45) is 5.92 Å². The van der Waals surface area contributed by atoms with E-state index in [1.807, 2.05) is 31.3 Å². The van der Waals surface area contributed by atoms with E-state index in [1.165, 1.54) is 0 Å². The number of aromatic nitrogens is 1. The van der Waals surface area contributed by atoms with Gasteiger partial charge >= 0.3 is 0 Å².